The first-order valence-corrected chi connectivity index (χ1v) is 8.33. The van der Waals surface area contributed by atoms with Gasteiger partial charge in [0, 0.05) is 25.3 Å². The molecule has 0 aliphatic carbocycles. The number of hydrogen-bond donors (Lipinski definition) is 1. The fraction of sp³-hybridized carbons (Fsp3) is 0.812. The second-order valence-electron chi connectivity index (χ2n) is 6.50. The first-order valence-electron chi connectivity index (χ1n) is 8.33. The van der Waals surface area contributed by atoms with Gasteiger partial charge < -0.3 is 19.9 Å². The molecule has 0 amide bonds. The lowest BCUT2D eigenvalue weighted by Crippen LogP contribution is -2.35. The number of nitrogens with two attached hydrogens (primary N) is 1. The summed E-state index contributed by atoms with van der Waals surface area (Å²) in [7, 11) is 0. The Balaban J connectivity index is 1.60. The average Bonchev–Trinajstić information content (AvgIpc) is 3.19. The number of rotatable bonds is 5. The molecular weight excluding hydrogens is 264 g/mol. The Morgan fingerprint density at radius 3 is 2.86 bits per heavy atom. The number of aromatic nitrogens is 2. The summed E-state index contributed by atoms with van der Waals surface area (Å²) in [6.45, 7) is 8.59. The van der Waals surface area contributed by atoms with Gasteiger partial charge in [0.2, 0.25) is 0 Å². The maximum atomic E-state index is 6.45. The molecule has 2 aliphatic rings. The Kier molecular flexibility index (Phi) is 4.93. The van der Waals surface area contributed by atoms with Crippen LogP contribution in [0, 0.1) is 11.8 Å². The van der Waals surface area contributed by atoms with Gasteiger partial charge in [-0.1, -0.05) is 6.92 Å². The van der Waals surface area contributed by atoms with E-state index in [2.05, 4.69) is 21.4 Å². The normalized spacial score (nSPS) is 26.3. The van der Waals surface area contributed by atoms with E-state index in [9.17, 15) is 0 Å². The van der Waals surface area contributed by atoms with E-state index >= 15 is 0 Å². The molecule has 3 heterocycles. The van der Waals surface area contributed by atoms with Gasteiger partial charge in [-0.25, -0.2) is 4.98 Å². The summed E-state index contributed by atoms with van der Waals surface area (Å²) in [6, 6.07) is 0.0609. The summed E-state index contributed by atoms with van der Waals surface area (Å²) in [4.78, 5) is 6.88. The molecule has 1 aromatic rings. The predicted molar refractivity (Wildman–Crippen MR) is 82.9 cm³/mol. The van der Waals surface area contributed by atoms with Crippen LogP contribution < -0.4 is 5.73 Å². The van der Waals surface area contributed by atoms with Gasteiger partial charge >= 0.3 is 0 Å². The molecule has 118 valence electrons. The second-order valence-corrected chi connectivity index (χ2v) is 6.50. The zero-order valence-electron chi connectivity index (χ0n) is 13.1. The smallest absolute Gasteiger partial charge is 0.0948 e. The number of likely N-dealkylation sites (tertiary alicyclic amines) is 1. The van der Waals surface area contributed by atoms with Crippen LogP contribution in [0.4, 0.5) is 0 Å². The van der Waals surface area contributed by atoms with Crippen LogP contribution in [0.1, 0.15) is 37.9 Å². The molecule has 0 bridgehead atoms. The van der Waals surface area contributed by atoms with Gasteiger partial charge in [-0.3, -0.25) is 0 Å². The molecule has 5 nitrogen and oxygen atoms in total. The molecule has 2 fully saturated rings. The van der Waals surface area contributed by atoms with E-state index in [1.54, 1.807) is 0 Å². The standard InChI is InChI=1S/C16H28N4O/c1-2-19-6-3-13(4-7-19)10-20-12-18-9-15(20)16(17)14-5-8-21-11-14/h9,12-14,16H,2-8,10-11,17H2,1H3. The lowest BCUT2D eigenvalue weighted by molar-refractivity contribution is 0.175. The Hall–Kier alpha value is -0.910. The summed E-state index contributed by atoms with van der Waals surface area (Å²) in [5, 5.41) is 0. The van der Waals surface area contributed by atoms with Crippen molar-refractivity contribution in [1.29, 1.82) is 0 Å². The average molecular weight is 292 g/mol. The third-order valence-corrected chi connectivity index (χ3v) is 5.17. The van der Waals surface area contributed by atoms with Crippen molar-refractivity contribution in [3.05, 3.63) is 18.2 Å². The quantitative estimate of drug-likeness (QED) is 0.896. The van der Waals surface area contributed by atoms with Crippen molar-refractivity contribution in [2.45, 2.75) is 38.8 Å². The van der Waals surface area contributed by atoms with Crippen molar-refractivity contribution in [2.24, 2.45) is 17.6 Å². The zero-order valence-corrected chi connectivity index (χ0v) is 13.1. The summed E-state index contributed by atoms with van der Waals surface area (Å²) in [5.41, 5.74) is 7.63. The van der Waals surface area contributed by atoms with Crippen LogP contribution in [0.2, 0.25) is 0 Å². The Labute approximate surface area is 127 Å². The molecule has 0 radical (unpaired) electrons. The molecule has 3 rings (SSSR count). The minimum Gasteiger partial charge on any atom is -0.381 e. The molecular formula is C16H28N4O. The van der Waals surface area contributed by atoms with Crippen molar-refractivity contribution in [3.8, 4) is 0 Å². The minimum atomic E-state index is 0.0609. The van der Waals surface area contributed by atoms with Crippen molar-refractivity contribution in [3.63, 3.8) is 0 Å². The topological polar surface area (TPSA) is 56.3 Å². The largest absolute Gasteiger partial charge is 0.381 e. The molecule has 2 N–H and O–H groups in total. The SMILES string of the molecule is CCN1CCC(Cn2cncc2C(N)C2CCOC2)CC1. The summed E-state index contributed by atoms with van der Waals surface area (Å²) in [5.74, 6) is 1.20. The van der Waals surface area contributed by atoms with Crippen LogP contribution in [-0.4, -0.2) is 47.3 Å². The Morgan fingerprint density at radius 2 is 2.19 bits per heavy atom. The highest BCUT2D eigenvalue weighted by Crippen LogP contribution is 2.28. The number of ether oxygens (including phenoxy) is 1. The lowest BCUT2D eigenvalue weighted by atomic mass is 9.95. The van der Waals surface area contributed by atoms with Crippen molar-refractivity contribution in [1.82, 2.24) is 14.5 Å². The third kappa shape index (κ3) is 3.47. The molecule has 0 spiro atoms. The Morgan fingerprint density at radius 1 is 1.38 bits per heavy atom. The van der Waals surface area contributed by atoms with E-state index in [0.717, 1.165) is 32.1 Å². The van der Waals surface area contributed by atoms with Gasteiger partial charge in [0.1, 0.15) is 0 Å². The van der Waals surface area contributed by atoms with Gasteiger partial charge in [-0.2, -0.15) is 0 Å². The highest BCUT2D eigenvalue weighted by molar-refractivity contribution is 5.07. The fourth-order valence-electron chi connectivity index (χ4n) is 3.60. The highest BCUT2D eigenvalue weighted by Gasteiger charge is 2.27. The summed E-state index contributed by atoms with van der Waals surface area (Å²) >= 11 is 0. The summed E-state index contributed by atoms with van der Waals surface area (Å²) in [6.07, 6.45) is 7.54. The maximum absolute atomic E-state index is 6.45. The first kappa shape index (κ1) is 15.0. The van der Waals surface area contributed by atoms with Crippen LogP contribution in [0.15, 0.2) is 12.5 Å². The molecule has 0 saturated carbocycles. The molecule has 2 atom stereocenters. The highest BCUT2D eigenvalue weighted by atomic mass is 16.5. The second kappa shape index (κ2) is 6.90. The molecule has 1 aromatic heterocycles. The molecule has 2 aliphatic heterocycles. The number of piperidine rings is 1. The minimum absolute atomic E-state index is 0.0609. The lowest BCUT2D eigenvalue weighted by Gasteiger charge is -2.31. The number of nitrogens with zero attached hydrogens (tertiary/aromatic N) is 3. The molecule has 2 saturated heterocycles. The van der Waals surface area contributed by atoms with Crippen molar-refractivity contribution >= 4 is 0 Å². The summed E-state index contributed by atoms with van der Waals surface area (Å²) < 4.78 is 7.76. The maximum Gasteiger partial charge on any atom is 0.0948 e. The van der Waals surface area contributed by atoms with Gasteiger partial charge in [0.15, 0.2) is 0 Å². The van der Waals surface area contributed by atoms with E-state index in [4.69, 9.17) is 10.5 Å². The monoisotopic (exact) mass is 292 g/mol. The molecule has 0 aromatic carbocycles. The van der Waals surface area contributed by atoms with Crippen molar-refractivity contribution < 1.29 is 4.74 Å². The van der Waals surface area contributed by atoms with Crippen LogP contribution in [0.5, 0.6) is 0 Å². The van der Waals surface area contributed by atoms with E-state index in [1.165, 1.54) is 38.2 Å². The predicted octanol–water partition coefficient (Wildman–Crippen LogP) is 1.65. The van der Waals surface area contributed by atoms with Gasteiger partial charge in [-0.15, -0.1) is 0 Å². The molecule has 21 heavy (non-hydrogen) atoms. The third-order valence-electron chi connectivity index (χ3n) is 5.17. The first-order chi connectivity index (χ1) is 10.3. The zero-order chi connectivity index (χ0) is 14.7. The molecule has 2 unspecified atom stereocenters. The van der Waals surface area contributed by atoms with Crippen LogP contribution in [-0.2, 0) is 11.3 Å². The van der Waals surface area contributed by atoms with Crippen LogP contribution >= 0.6 is 0 Å². The van der Waals surface area contributed by atoms with E-state index in [-0.39, 0.29) is 6.04 Å². The number of hydrogen-bond acceptors (Lipinski definition) is 4. The fourth-order valence-corrected chi connectivity index (χ4v) is 3.60. The van der Waals surface area contributed by atoms with Gasteiger partial charge in [-0.05, 0) is 44.8 Å². The van der Waals surface area contributed by atoms with E-state index < -0.39 is 0 Å². The van der Waals surface area contributed by atoms with Crippen LogP contribution in [0.3, 0.4) is 0 Å². The molecule has 5 heteroatoms. The van der Waals surface area contributed by atoms with E-state index in [1.807, 2.05) is 12.5 Å². The Bertz CT molecular complexity index is 433. The van der Waals surface area contributed by atoms with E-state index in [0.29, 0.717) is 5.92 Å². The van der Waals surface area contributed by atoms with Crippen LogP contribution in [0.25, 0.3) is 0 Å². The van der Waals surface area contributed by atoms with Gasteiger partial charge in [0.05, 0.1) is 24.7 Å². The van der Waals surface area contributed by atoms with Crippen molar-refractivity contribution in [2.75, 3.05) is 32.8 Å². The number of imidazole rings is 1. The van der Waals surface area contributed by atoms with Gasteiger partial charge in [0.25, 0.3) is 0 Å².